The van der Waals surface area contributed by atoms with Gasteiger partial charge in [0.2, 0.25) is 0 Å². The monoisotopic (exact) mass is 278 g/mol. The maximum Gasteiger partial charge on any atom is 0.389 e. The molecule has 0 aliphatic carbocycles. The summed E-state index contributed by atoms with van der Waals surface area (Å²) in [4.78, 5) is 0. The molecule has 0 atom stereocenters. The molecule has 0 amide bonds. The van der Waals surface area contributed by atoms with Crippen LogP contribution in [0.3, 0.4) is 0 Å². The standard InChI is InChI=1S/C12H21F3N4/c1-8(2)19-11(10(16)9(3)18-19)17-7-5-4-6-12(13,14)15/h8,17H,4-7,16H2,1-3H3. The summed E-state index contributed by atoms with van der Waals surface area (Å²) in [5.74, 6) is 0.694. The van der Waals surface area contributed by atoms with Crippen molar-refractivity contribution < 1.29 is 13.2 Å². The van der Waals surface area contributed by atoms with Gasteiger partial charge in [0.05, 0.1) is 11.4 Å². The zero-order valence-corrected chi connectivity index (χ0v) is 11.5. The van der Waals surface area contributed by atoms with E-state index in [0.717, 1.165) is 5.69 Å². The Morgan fingerprint density at radius 2 is 1.95 bits per heavy atom. The molecule has 0 fully saturated rings. The number of nitrogens with two attached hydrogens (primary N) is 1. The number of nitrogens with one attached hydrogen (secondary N) is 1. The Bertz CT molecular complexity index is 410. The zero-order valence-electron chi connectivity index (χ0n) is 11.5. The highest BCUT2D eigenvalue weighted by Gasteiger charge is 2.25. The molecule has 110 valence electrons. The minimum absolute atomic E-state index is 0.116. The molecule has 7 heteroatoms. The van der Waals surface area contributed by atoms with Crippen molar-refractivity contribution in [3.8, 4) is 0 Å². The first-order valence-electron chi connectivity index (χ1n) is 6.37. The first-order valence-corrected chi connectivity index (χ1v) is 6.37. The van der Waals surface area contributed by atoms with Crippen LogP contribution >= 0.6 is 0 Å². The summed E-state index contributed by atoms with van der Waals surface area (Å²) in [7, 11) is 0. The average Bonchev–Trinajstić information content (AvgIpc) is 2.55. The van der Waals surface area contributed by atoms with Crippen molar-refractivity contribution in [1.29, 1.82) is 0 Å². The molecule has 3 N–H and O–H groups in total. The smallest absolute Gasteiger partial charge is 0.389 e. The number of halogens is 3. The maximum absolute atomic E-state index is 12.0. The molecule has 0 bridgehead atoms. The van der Waals surface area contributed by atoms with Crippen LogP contribution in [0.25, 0.3) is 0 Å². The van der Waals surface area contributed by atoms with E-state index in [2.05, 4.69) is 10.4 Å². The second-order valence-electron chi connectivity index (χ2n) is 4.89. The normalized spacial score (nSPS) is 12.2. The van der Waals surface area contributed by atoms with Crippen molar-refractivity contribution in [2.24, 2.45) is 0 Å². The quantitative estimate of drug-likeness (QED) is 0.783. The van der Waals surface area contributed by atoms with E-state index in [-0.39, 0.29) is 12.5 Å². The van der Waals surface area contributed by atoms with Crippen molar-refractivity contribution in [3.63, 3.8) is 0 Å². The van der Waals surface area contributed by atoms with Crippen LogP contribution in [0.1, 0.15) is 44.8 Å². The van der Waals surface area contributed by atoms with E-state index in [0.29, 0.717) is 24.5 Å². The van der Waals surface area contributed by atoms with Gasteiger partial charge in [-0.05, 0) is 33.6 Å². The number of alkyl halides is 3. The van der Waals surface area contributed by atoms with E-state index in [4.69, 9.17) is 5.73 Å². The van der Waals surface area contributed by atoms with Crippen LogP contribution in [-0.2, 0) is 0 Å². The molecule has 4 nitrogen and oxygen atoms in total. The lowest BCUT2D eigenvalue weighted by Gasteiger charge is -2.13. The molecule has 0 radical (unpaired) electrons. The number of hydrogen-bond donors (Lipinski definition) is 2. The molecule has 1 aromatic rings. The van der Waals surface area contributed by atoms with Crippen molar-refractivity contribution in [1.82, 2.24) is 9.78 Å². The molecule has 0 spiro atoms. The summed E-state index contributed by atoms with van der Waals surface area (Å²) in [5, 5.41) is 7.38. The molecule has 1 heterocycles. The Balaban J connectivity index is 2.49. The van der Waals surface area contributed by atoms with Gasteiger partial charge < -0.3 is 11.1 Å². The van der Waals surface area contributed by atoms with Gasteiger partial charge in [0, 0.05) is 19.0 Å². The minimum atomic E-state index is -4.07. The number of nitrogens with zero attached hydrogens (tertiary/aromatic N) is 2. The highest BCUT2D eigenvalue weighted by atomic mass is 19.4. The topological polar surface area (TPSA) is 55.9 Å². The molecule has 0 aliphatic rings. The second-order valence-corrected chi connectivity index (χ2v) is 4.89. The molecule has 0 unspecified atom stereocenters. The Morgan fingerprint density at radius 1 is 1.32 bits per heavy atom. The molecule has 1 aromatic heterocycles. The van der Waals surface area contributed by atoms with Gasteiger partial charge in [-0.3, -0.25) is 0 Å². The van der Waals surface area contributed by atoms with Crippen molar-refractivity contribution >= 4 is 11.5 Å². The number of rotatable bonds is 6. The predicted molar refractivity (Wildman–Crippen MR) is 70.2 cm³/mol. The fraction of sp³-hybridized carbons (Fsp3) is 0.750. The van der Waals surface area contributed by atoms with E-state index in [1.807, 2.05) is 20.8 Å². The van der Waals surface area contributed by atoms with Gasteiger partial charge >= 0.3 is 6.18 Å². The zero-order chi connectivity index (χ0) is 14.6. The maximum atomic E-state index is 12.0. The third-order valence-corrected chi connectivity index (χ3v) is 2.80. The number of anilines is 2. The van der Waals surface area contributed by atoms with E-state index in [1.165, 1.54) is 0 Å². The van der Waals surface area contributed by atoms with E-state index in [9.17, 15) is 13.2 Å². The summed E-state index contributed by atoms with van der Waals surface area (Å²) in [5.41, 5.74) is 7.19. The Labute approximate surface area is 111 Å². The average molecular weight is 278 g/mol. The Hall–Kier alpha value is -1.40. The summed E-state index contributed by atoms with van der Waals surface area (Å²) in [6.45, 7) is 6.21. The van der Waals surface area contributed by atoms with E-state index >= 15 is 0 Å². The summed E-state index contributed by atoms with van der Waals surface area (Å²) >= 11 is 0. The van der Waals surface area contributed by atoms with Crippen LogP contribution in [0.4, 0.5) is 24.7 Å². The van der Waals surface area contributed by atoms with Gasteiger partial charge in [0.15, 0.2) is 0 Å². The van der Waals surface area contributed by atoms with Crippen LogP contribution in [-0.4, -0.2) is 22.5 Å². The fourth-order valence-electron chi connectivity index (χ4n) is 1.77. The number of nitrogen functional groups attached to an aromatic ring is 1. The number of aromatic nitrogens is 2. The Morgan fingerprint density at radius 3 is 2.47 bits per heavy atom. The highest BCUT2D eigenvalue weighted by molar-refractivity contribution is 5.64. The molecule has 0 saturated heterocycles. The van der Waals surface area contributed by atoms with Crippen molar-refractivity contribution in [3.05, 3.63) is 5.69 Å². The van der Waals surface area contributed by atoms with Gasteiger partial charge in [0.25, 0.3) is 0 Å². The minimum Gasteiger partial charge on any atom is -0.394 e. The fourth-order valence-corrected chi connectivity index (χ4v) is 1.77. The first kappa shape index (κ1) is 15.7. The van der Waals surface area contributed by atoms with E-state index < -0.39 is 12.6 Å². The number of aryl methyl sites for hydroxylation is 1. The highest BCUT2D eigenvalue weighted by Crippen LogP contribution is 2.26. The molecule has 0 aromatic carbocycles. The van der Waals surface area contributed by atoms with Crippen LogP contribution in [0.2, 0.25) is 0 Å². The molecule has 1 rings (SSSR count). The van der Waals surface area contributed by atoms with Crippen molar-refractivity contribution in [2.45, 2.75) is 52.3 Å². The lowest BCUT2D eigenvalue weighted by atomic mass is 10.2. The van der Waals surface area contributed by atoms with Gasteiger partial charge in [-0.1, -0.05) is 0 Å². The van der Waals surface area contributed by atoms with Crippen LogP contribution in [0.15, 0.2) is 0 Å². The SMILES string of the molecule is Cc1nn(C(C)C)c(NCCCCC(F)(F)F)c1N. The number of unbranched alkanes of at least 4 members (excludes halogenated alkanes) is 1. The van der Waals surface area contributed by atoms with Gasteiger partial charge in [-0.2, -0.15) is 18.3 Å². The molecular weight excluding hydrogens is 257 g/mol. The second kappa shape index (κ2) is 6.16. The largest absolute Gasteiger partial charge is 0.394 e. The van der Waals surface area contributed by atoms with Gasteiger partial charge in [-0.15, -0.1) is 0 Å². The third-order valence-electron chi connectivity index (χ3n) is 2.80. The summed E-state index contributed by atoms with van der Waals surface area (Å²) in [6.07, 6.45) is -4.26. The molecule has 0 saturated carbocycles. The van der Waals surface area contributed by atoms with Crippen LogP contribution in [0.5, 0.6) is 0 Å². The molecule has 0 aliphatic heterocycles. The van der Waals surface area contributed by atoms with Gasteiger partial charge in [0.1, 0.15) is 5.82 Å². The van der Waals surface area contributed by atoms with Gasteiger partial charge in [-0.25, -0.2) is 4.68 Å². The van der Waals surface area contributed by atoms with Crippen LogP contribution in [0, 0.1) is 6.92 Å². The summed E-state index contributed by atoms with van der Waals surface area (Å²) < 4.78 is 37.7. The van der Waals surface area contributed by atoms with Crippen molar-refractivity contribution in [2.75, 3.05) is 17.6 Å². The van der Waals surface area contributed by atoms with E-state index in [1.54, 1.807) is 4.68 Å². The third kappa shape index (κ3) is 4.65. The lowest BCUT2D eigenvalue weighted by molar-refractivity contribution is -0.135. The first-order chi connectivity index (χ1) is 8.72. The predicted octanol–water partition coefficient (Wildman–Crippen LogP) is 3.50. The molecular formula is C12H21F3N4. The number of hydrogen-bond acceptors (Lipinski definition) is 3. The Kier molecular flexibility index (Phi) is 5.08. The lowest BCUT2D eigenvalue weighted by Crippen LogP contribution is -2.13. The summed E-state index contributed by atoms with van der Waals surface area (Å²) in [6, 6.07) is 0.147. The molecule has 19 heavy (non-hydrogen) atoms. The van der Waals surface area contributed by atoms with Crippen LogP contribution < -0.4 is 11.1 Å².